The molecular weight excluding hydrogens is 171 g/mol. The monoisotopic (exact) mass is 180 g/mol. The van der Waals surface area contributed by atoms with Gasteiger partial charge in [-0.15, -0.1) is 0 Å². The average Bonchev–Trinajstić information content (AvgIpc) is 2.15. The Kier molecular flexibility index (Phi) is 3.30. The van der Waals surface area contributed by atoms with E-state index in [-0.39, 0.29) is 0 Å². The van der Waals surface area contributed by atoms with Crippen LogP contribution in [-0.4, -0.2) is 18.2 Å². The lowest BCUT2D eigenvalue weighted by Gasteiger charge is -2.06. The topological polar surface area (TPSA) is 84.6 Å². The molecule has 0 atom stereocenters. The molecule has 1 rings (SSSR count). The third kappa shape index (κ3) is 3.14. The number of rotatable bonds is 3. The molecule has 68 valence electrons. The van der Waals surface area contributed by atoms with Crippen molar-refractivity contribution in [2.75, 3.05) is 0 Å². The third-order valence-corrected chi connectivity index (χ3v) is 1.36. The first-order valence-electron chi connectivity index (χ1n) is 3.64. The lowest BCUT2D eigenvalue weighted by Crippen LogP contribution is -2.42. The first kappa shape index (κ1) is 9.56. The molecule has 1 aromatic carbocycles. The first-order chi connectivity index (χ1) is 6.20. The maximum absolute atomic E-state index is 10.2. The van der Waals surface area contributed by atoms with Gasteiger partial charge in [-0.05, 0) is 5.46 Å². The highest BCUT2D eigenvalue weighted by molar-refractivity contribution is 6.59. The van der Waals surface area contributed by atoms with E-state index < -0.39 is 13.1 Å². The highest BCUT2D eigenvalue weighted by Gasteiger charge is 2.16. The molecule has 0 saturated carbocycles. The highest BCUT2D eigenvalue weighted by atomic mass is 16.7. The fourth-order valence-electron chi connectivity index (χ4n) is 0.800. The second kappa shape index (κ2) is 4.49. The van der Waals surface area contributed by atoms with Gasteiger partial charge in [0.15, 0.2) is 0 Å². The SMILES string of the molecule is NC(=O)NOB(O)c1ccccc1. The van der Waals surface area contributed by atoms with Crippen molar-refractivity contribution in [3.63, 3.8) is 0 Å². The van der Waals surface area contributed by atoms with Gasteiger partial charge in [0.25, 0.3) is 0 Å². The van der Waals surface area contributed by atoms with Gasteiger partial charge in [-0.1, -0.05) is 30.3 Å². The molecule has 6 heteroatoms. The number of hydrogen-bond acceptors (Lipinski definition) is 3. The summed E-state index contributed by atoms with van der Waals surface area (Å²) in [5.41, 5.74) is 7.10. The lowest BCUT2D eigenvalue weighted by atomic mass is 9.80. The molecule has 0 spiro atoms. The highest BCUT2D eigenvalue weighted by Crippen LogP contribution is 1.85. The largest absolute Gasteiger partial charge is 0.514 e. The second-order valence-electron chi connectivity index (χ2n) is 2.35. The minimum atomic E-state index is -1.20. The molecule has 0 aliphatic heterocycles. The number of carbonyl (C=O) groups excluding carboxylic acids is 1. The Labute approximate surface area is 75.6 Å². The van der Waals surface area contributed by atoms with Crippen LogP contribution in [0.2, 0.25) is 0 Å². The smallest absolute Gasteiger partial charge is 0.422 e. The molecule has 4 N–H and O–H groups in total. The minimum Gasteiger partial charge on any atom is -0.422 e. The number of urea groups is 1. The summed E-state index contributed by atoms with van der Waals surface area (Å²) in [4.78, 5) is 10.2. The molecule has 5 nitrogen and oxygen atoms in total. The zero-order valence-electron chi connectivity index (χ0n) is 6.81. The van der Waals surface area contributed by atoms with Gasteiger partial charge in [0.05, 0.1) is 0 Å². The van der Waals surface area contributed by atoms with Crippen LogP contribution in [0.25, 0.3) is 0 Å². The molecule has 13 heavy (non-hydrogen) atoms. The Bertz CT molecular complexity index is 280. The van der Waals surface area contributed by atoms with E-state index in [1.54, 1.807) is 30.3 Å². The number of primary amides is 1. The number of nitrogens with one attached hydrogen (secondary N) is 1. The fraction of sp³-hybridized carbons (Fsp3) is 0. The van der Waals surface area contributed by atoms with Crippen molar-refractivity contribution < 1.29 is 14.6 Å². The van der Waals surface area contributed by atoms with E-state index in [1.165, 1.54) is 0 Å². The van der Waals surface area contributed by atoms with Crippen LogP contribution < -0.4 is 16.7 Å². The van der Waals surface area contributed by atoms with Gasteiger partial charge < -0.3 is 10.8 Å². The second-order valence-corrected chi connectivity index (χ2v) is 2.35. The van der Waals surface area contributed by atoms with Crippen LogP contribution >= 0.6 is 0 Å². The minimum absolute atomic E-state index is 0.538. The summed E-state index contributed by atoms with van der Waals surface area (Å²) >= 11 is 0. The van der Waals surface area contributed by atoms with Gasteiger partial charge in [-0.3, -0.25) is 4.76 Å². The summed E-state index contributed by atoms with van der Waals surface area (Å²) in [6.07, 6.45) is 0. The molecule has 0 aliphatic rings. The number of carbonyl (C=O) groups is 1. The molecule has 0 unspecified atom stereocenters. The van der Waals surface area contributed by atoms with E-state index in [0.717, 1.165) is 0 Å². The van der Waals surface area contributed by atoms with E-state index in [9.17, 15) is 9.82 Å². The van der Waals surface area contributed by atoms with Crippen LogP contribution in [-0.2, 0) is 4.76 Å². The summed E-state index contributed by atoms with van der Waals surface area (Å²) in [5.74, 6) is 0. The van der Waals surface area contributed by atoms with Crippen molar-refractivity contribution >= 4 is 18.6 Å². The van der Waals surface area contributed by atoms with E-state index >= 15 is 0 Å². The average molecular weight is 180 g/mol. The Morgan fingerprint density at radius 1 is 1.46 bits per heavy atom. The molecule has 0 fully saturated rings. The van der Waals surface area contributed by atoms with E-state index in [2.05, 4.69) is 4.76 Å². The molecule has 2 amide bonds. The van der Waals surface area contributed by atoms with E-state index in [1.807, 2.05) is 5.48 Å². The van der Waals surface area contributed by atoms with Crippen LogP contribution in [0.5, 0.6) is 0 Å². The molecule has 0 heterocycles. The van der Waals surface area contributed by atoms with Gasteiger partial charge in [-0.2, -0.15) is 0 Å². The van der Waals surface area contributed by atoms with Gasteiger partial charge in [0.1, 0.15) is 0 Å². The quantitative estimate of drug-likeness (QED) is 0.410. The zero-order chi connectivity index (χ0) is 9.68. The molecule has 1 aromatic rings. The van der Waals surface area contributed by atoms with Crippen LogP contribution in [0.3, 0.4) is 0 Å². The van der Waals surface area contributed by atoms with E-state index in [0.29, 0.717) is 5.46 Å². The lowest BCUT2D eigenvalue weighted by molar-refractivity contribution is 0.167. The molecule has 0 saturated heterocycles. The van der Waals surface area contributed by atoms with Crippen LogP contribution in [0.15, 0.2) is 30.3 Å². The van der Waals surface area contributed by atoms with Gasteiger partial charge >= 0.3 is 13.1 Å². The molecule has 0 aromatic heterocycles. The predicted molar refractivity (Wildman–Crippen MR) is 47.9 cm³/mol. The number of hydroxylamine groups is 1. The van der Waals surface area contributed by atoms with Crippen LogP contribution in [0.1, 0.15) is 0 Å². The predicted octanol–water partition coefficient (Wildman–Crippen LogP) is -1.03. The standard InChI is InChI=1S/C7H9BN2O3/c9-7(11)10-13-8(12)6-4-2-1-3-5-6/h1-5,12H,(H3,9,10,11). The normalized spacial score (nSPS) is 9.31. The fourth-order valence-corrected chi connectivity index (χ4v) is 0.800. The molecule has 0 aliphatic carbocycles. The maximum atomic E-state index is 10.2. The van der Waals surface area contributed by atoms with Crippen molar-refractivity contribution in [2.45, 2.75) is 0 Å². The number of nitrogens with two attached hydrogens (primary N) is 1. The van der Waals surface area contributed by atoms with Crippen molar-refractivity contribution in [3.8, 4) is 0 Å². The summed E-state index contributed by atoms with van der Waals surface area (Å²) < 4.78 is 4.52. The number of amides is 2. The van der Waals surface area contributed by atoms with Crippen molar-refractivity contribution in [3.05, 3.63) is 30.3 Å². The summed E-state index contributed by atoms with van der Waals surface area (Å²) in [5, 5.41) is 9.28. The van der Waals surface area contributed by atoms with Crippen molar-refractivity contribution in [2.24, 2.45) is 5.73 Å². The van der Waals surface area contributed by atoms with E-state index in [4.69, 9.17) is 5.73 Å². The Balaban J connectivity index is 2.49. The maximum Gasteiger partial charge on any atom is 0.514 e. The van der Waals surface area contributed by atoms with Crippen molar-refractivity contribution in [1.82, 2.24) is 5.48 Å². The molecule has 0 bridgehead atoms. The van der Waals surface area contributed by atoms with Crippen LogP contribution in [0, 0.1) is 0 Å². The third-order valence-electron chi connectivity index (χ3n) is 1.36. The van der Waals surface area contributed by atoms with Crippen LogP contribution in [0.4, 0.5) is 4.79 Å². The zero-order valence-corrected chi connectivity index (χ0v) is 6.81. The Hall–Kier alpha value is -1.53. The number of hydrogen-bond donors (Lipinski definition) is 3. The Morgan fingerprint density at radius 3 is 2.62 bits per heavy atom. The van der Waals surface area contributed by atoms with Gasteiger partial charge in [0.2, 0.25) is 0 Å². The van der Waals surface area contributed by atoms with Gasteiger partial charge in [-0.25, -0.2) is 10.3 Å². The Morgan fingerprint density at radius 2 is 2.08 bits per heavy atom. The summed E-state index contributed by atoms with van der Waals surface area (Å²) in [7, 11) is -1.20. The van der Waals surface area contributed by atoms with Gasteiger partial charge in [0, 0.05) is 0 Å². The van der Waals surface area contributed by atoms with Crippen molar-refractivity contribution in [1.29, 1.82) is 0 Å². The summed E-state index contributed by atoms with van der Waals surface area (Å²) in [6, 6.07) is 7.76. The number of benzene rings is 1. The molecule has 0 radical (unpaired) electrons. The first-order valence-corrected chi connectivity index (χ1v) is 3.64. The molecular formula is C7H9BN2O3. The summed E-state index contributed by atoms with van der Waals surface area (Å²) in [6.45, 7) is 0.